The molecule has 0 amide bonds. The van der Waals surface area contributed by atoms with Gasteiger partial charge in [0, 0.05) is 12.8 Å². The van der Waals surface area contributed by atoms with Crippen molar-refractivity contribution in [3.63, 3.8) is 0 Å². The number of phosphoric ester groups is 1. The summed E-state index contributed by atoms with van der Waals surface area (Å²) in [7, 11) is -5.08. The molecular formula is C29H55O13P. The number of esters is 2. The first kappa shape index (κ1) is 39.9. The first-order valence-electron chi connectivity index (χ1n) is 15.8. The van der Waals surface area contributed by atoms with E-state index in [0.29, 0.717) is 12.8 Å². The minimum atomic E-state index is -5.08. The van der Waals surface area contributed by atoms with Crippen molar-refractivity contribution in [2.24, 2.45) is 0 Å². The van der Waals surface area contributed by atoms with Crippen molar-refractivity contribution in [3.05, 3.63) is 0 Å². The summed E-state index contributed by atoms with van der Waals surface area (Å²) in [6.07, 6.45) is 1.20. The fraction of sp³-hybridized carbons (Fsp3) is 0.931. The van der Waals surface area contributed by atoms with E-state index in [0.717, 1.165) is 64.2 Å². The minimum absolute atomic E-state index is 0.0993. The lowest BCUT2D eigenvalue weighted by atomic mass is 9.85. The number of aliphatic hydroxyl groups is 5. The average molecular weight is 643 g/mol. The summed E-state index contributed by atoms with van der Waals surface area (Å²) in [6.45, 7) is 3.11. The van der Waals surface area contributed by atoms with Gasteiger partial charge in [-0.3, -0.25) is 18.6 Å². The van der Waals surface area contributed by atoms with E-state index in [2.05, 4.69) is 13.8 Å². The Labute approximate surface area is 255 Å². The maximum absolute atomic E-state index is 12.6. The molecular weight excluding hydrogens is 587 g/mol. The summed E-state index contributed by atoms with van der Waals surface area (Å²) in [5.41, 5.74) is 0. The summed E-state index contributed by atoms with van der Waals surface area (Å²) in [5.74, 6) is -1.11. The second-order valence-corrected chi connectivity index (χ2v) is 12.7. The number of unbranched alkanes of at least 4 members (excludes halogenated alkanes) is 12. The molecule has 254 valence electrons. The van der Waals surface area contributed by atoms with Crippen LogP contribution in [-0.2, 0) is 32.7 Å². The van der Waals surface area contributed by atoms with Crippen LogP contribution in [0.25, 0.3) is 0 Å². The van der Waals surface area contributed by atoms with Gasteiger partial charge in [0.05, 0.1) is 6.61 Å². The third kappa shape index (κ3) is 16.7. The fourth-order valence-corrected chi connectivity index (χ4v) is 5.73. The Bertz CT molecular complexity index is 797. The molecule has 1 aliphatic carbocycles. The van der Waals surface area contributed by atoms with Gasteiger partial charge in [-0.15, -0.1) is 0 Å². The van der Waals surface area contributed by atoms with Crippen LogP contribution >= 0.6 is 7.82 Å². The first-order valence-corrected chi connectivity index (χ1v) is 17.3. The Balaban J connectivity index is 2.65. The number of rotatable bonds is 24. The van der Waals surface area contributed by atoms with Gasteiger partial charge in [0.15, 0.2) is 6.10 Å². The number of ether oxygens (including phenoxy) is 2. The maximum Gasteiger partial charge on any atom is 0.472 e. The molecule has 0 bridgehead atoms. The zero-order valence-electron chi connectivity index (χ0n) is 25.8. The molecule has 1 saturated carbocycles. The summed E-state index contributed by atoms with van der Waals surface area (Å²) >= 11 is 0. The summed E-state index contributed by atoms with van der Waals surface area (Å²) in [6, 6.07) is 0. The van der Waals surface area contributed by atoms with Crippen molar-refractivity contribution in [2.45, 2.75) is 159 Å². The minimum Gasteiger partial charge on any atom is -0.462 e. The predicted octanol–water partition coefficient (Wildman–Crippen LogP) is 3.04. The summed E-state index contributed by atoms with van der Waals surface area (Å²) in [4.78, 5) is 34.9. The number of carbonyl (C=O) groups excluding carboxylic acids is 2. The Morgan fingerprint density at radius 3 is 1.53 bits per heavy atom. The highest BCUT2D eigenvalue weighted by atomic mass is 31.2. The second kappa shape index (κ2) is 22.4. The highest BCUT2D eigenvalue weighted by Gasteiger charge is 2.51. The van der Waals surface area contributed by atoms with Gasteiger partial charge >= 0.3 is 19.8 Å². The Kier molecular flexibility index (Phi) is 20.7. The van der Waals surface area contributed by atoms with Crippen molar-refractivity contribution in [3.8, 4) is 0 Å². The van der Waals surface area contributed by atoms with Gasteiger partial charge in [0.25, 0.3) is 0 Å². The van der Waals surface area contributed by atoms with E-state index >= 15 is 0 Å². The van der Waals surface area contributed by atoms with Gasteiger partial charge in [0.2, 0.25) is 0 Å². The third-order valence-electron chi connectivity index (χ3n) is 7.45. The quantitative estimate of drug-likeness (QED) is 0.0509. The topological polar surface area (TPSA) is 210 Å². The molecule has 1 rings (SSSR count). The second-order valence-electron chi connectivity index (χ2n) is 11.3. The van der Waals surface area contributed by atoms with E-state index in [1.54, 1.807) is 0 Å². The van der Waals surface area contributed by atoms with Gasteiger partial charge < -0.3 is 39.9 Å². The predicted molar refractivity (Wildman–Crippen MR) is 157 cm³/mol. The molecule has 1 aliphatic rings. The monoisotopic (exact) mass is 642 g/mol. The molecule has 0 heterocycles. The molecule has 0 saturated heterocycles. The smallest absolute Gasteiger partial charge is 0.462 e. The number of carbonyl (C=O) groups is 2. The molecule has 0 aliphatic heterocycles. The third-order valence-corrected chi connectivity index (χ3v) is 8.43. The Morgan fingerprint density at radius 2 is 1.05 bits per heavy atom. The highest BCUT2D eigenvalue weighted by molar-refractivity contribution is 7.47. The number of hydrogen-bond donors (Lipinski definition) is 6. The molecule has 43 heavy (non-hydrogen) atoms. The molecule has 0 aromatic carbocycles. The lowest BCUT2D eigenvalue weighted by molar-refractivity contribution is -0.220. The van der Waals surface area contributed by atoms with E-state index in [1.807, 2.05) is 0 Å². The van der Waals surface area contributed by atoms with E-state index in [-0.39, 0.29) is 12.8 Å². The van der Waals surface area contributed by atoms with Gasteiger partial charge in [-0.2, -0.15) is 0 Å². The molecule has 0 radical (unpaired) electrons. The summed E-state index contributed by atoms with van der Waals surface area (Å²) in [5, 5.41) is 49.5. The van der Waals surface area contributed by atoms with Crippen LogP contribution < -0.4 is 0 Å². The van der Waals surface area contributed by atoms with Crippen LogP contribution in [0.1, 0.15) is 117 Å². The fourth-order valence-electron chi connectivity index (χ4n) is 4.75. The van der Waals surface area contributed by atoms with Crippen molar-refractivity contribution in [2.75, 3.05) is 13.2 Å². The Morgan fingerprint density at radius 1 is 0.628 bits per heavy atom. The first-order chi connectivity index (χ1) is 20.4. The van der Waals surface area contributed by atoms with E-state index in [9.17, 15) is 44.6 Å². The number of hydrogen-bond acceptors (Lipinski definition) is 12. The van der Waals surface area contributed by atoms with E-state index < -0.39 is 75.7 Å². The molecule has 1 fully saturated rings. The van der Waals surface area contributed by atoms with Crippen LogP contribution in [0.5, 0.6) is 0 Å². The molecule has 13 nitrogen and oxygen atoms in total. The average Bonchev–Trinajstić information content (AvgIpc) is 2.97. The molecule has 6 unspecified atom stereocenters. The SMILES string of the molecule is CCCCCCCCCC(=O)OC[C@H](COP(=O)(O)OC1C(O)C(O)C(O)[C@@H](O)C1O)OC(=O)CCCCCCCCC. The normalized spacial score (nSPS) is 26.0. The van der Waals surface area contributed by atoms with Crippen molar-refractivity contribution < 1.29 is 63.1 Å². The van der Waals surface area contributed by atoms with Crippen molar-refractivity contribution in [1.29, 1.82) is 0 Å². The maximum atomic E-state index is 12.6. The van der Waals surface area contributed by atoms with Crippen LogP contribution in [0.4, 0.5) is 0 Å². The van der Waals surface area contributed by atoms with Crippen LogP contribution in [0.2, 0.25) is 0 Å². The molecule has 0 aromatic rings. The zero-order valence-corrected chi connectivity index (χ0v) is 26.7. The van der Waals surface area contributed by atoms with Crippen LogP contribution in [0.15, 0.2) is 0 Å². The lowest BCUT2D eigenvalue weighted by Gasteiger charge is -2.41. The molecule has 6 N–H and O–H groups in total. The largest absolute Gasteiger partial charge is 0.472 e. The highest BCUT2D eigenvalue weighted by Crippen LogP contribution is 2.47. The van der Waals surface area contributed by atoms with Crippen LogP contribution in [0, 0.1) is 0 Å². The van der Waals surface area contributed by atoms with Crippen molar-refractivity contribution in [1.82, 2.24) is 0 Å². The summed E-state index contributed by atoms with van der Waals surface area (Å²) < 4.78 is 32.9. The molecule has 14 heteroatoms. The zero-order chi connectivity index (χ0) is 32.3. The standard InChI is InChI=1S/C29H55O13P/c1-3-5-7-9-11-13-15-17-22(30)39-19-21(41-23(31)18-16-14-12-10-8-6-4-2)20-40-43(37,38)42-29-27(35)25(33)24(32)26(34)28(29)36/h21,24-29,32-36H,3-20H2,1-2H3,(H,37,38)/t21-,24?,25-,26?,27?,28?,29?/m1/s1. The molecule has 0 spiro atoms. The molecule has 0 aromatic heterocycles. The van der Waals surface area contributed by atoms with Crippen LogP contribution in [-0.4, -0.2) is 98.3 Å². The van der Waals surface area contributed by atoms with Crippen molar-refractivity contribution >= 4 is 19.8 Å². The number of phosphoric acid groups is 1. The van der Waals surface area contributed by atoms with Gasteiger partial charge in [-0.25, -0.2) is 4.57 Å². The van der Waals surface area contributed by atoms with Crippen LogP contribution in [0.3, 0.4) is 0 Å². The van der Waals surface area contributed by atoms with E-state index in [4.69, 9.17) is 18.5 Å². The number of aliphatic hydroxyl groups excluding tert-OH is 5. The van der Waals surface area contributed by atoms with Gasteiger partial charge in [-0.1, -0.05) is 90.9 Å². The lowest BCUT2D eigenvalue weighted by Crippen LogP contribution is -2.64. The molecule has 8 atom stereocenters. The van der Waals surface area contributed by atoms with Gasteiger partial charge in [-0.05, 0) is 12.8 Å². The Hall–Kier alpha value is -1.15. The van der Waals surface area contributed by atoms with Gasteiger partial charge in [0.1, 0.15) is 43.2 Å². The van der Waals surface area contributed by atoms with E-state index in [1.165, 1.54) is 12.8 Å².